The topological polar surface area (TPSA) is 216 Å². The molecule has 322 valence electrons. The van der Waals surface area contributed by atoms with Crippen molar-refractivity contribution in [2.75, 3.05) is 37.0 Å². The van der Waals surface area contributed by atoms with Gasteiger partial charge in [-0.25, -0.2) is 16.2 Å². The Morgan fingerprint density at radius 2 is 1.84 bits per heavy atom. The molecule has 63 heavy (non-hydrogen) atoms. The number of hydrogen-bond acceptors (Lipinski definition) is 14. The summed E-state index contributed by atoms with van der Waals surface area (Å²) in [7, 11) is 0. The van der Waals surface area contributed by atoms with Gasteiger partial charge in [-0.2, -0.15) is 4.98 Å². The number of carbonyl (C=O) groups excluding carboxylic acids is 5. The number of allylic oxidation sites excluding steroid dienone is 1. The van der Waals surface area contributed by atoms with Crippen LogP contribution in [0.4, 0.5) is 17.5 Å². The van der Waals surface area contributed by atoms with Crippen molar-refractivity contribution in [2.45, 2.75) is 70.5 Å². The lowest BCUT2D eigenvalue weighted by atomic mass is 10.0. The molecule has 8 rings (SSSR count). The van der Waals surface area contributed by atoms with Gasteiger partial charge in [0.15, 0.2) is 11.6 Å². The number of anilines is 3. The molecule has 1 saturated heterocycles. The van der Waals surface area contributed by atoms with E-state index in [4.69, 9.17) is 16.0 Å². The van der Waals surface area contributed by atoms with Gasteiger partial charge in [-0.05, 0) is 86.1 Å². The van der Waals surface area contributed by atoms with Gasteiger partial charge in [0.05, 0.1) is 36.5 Å². The molecule has 18 nitrogen and oxygen atoms in total. The van der Waals surface area contributed by atoms with Gasteiger partial charge in [0.1, 0.15) is 35.7 Å². The van der Waals surface area contributed by atoms with E-state index in [9.17, 15) is 24.0 Å². The fraction of sp³-hybridized carbons (Fsp3) is 0.356. The summed E-state index contributed by atoms with van der Waals surface area (Å²) in [5, 5.41) is 17.4. The van der Waals surface area contributed by atoms with Gasteiger partial charge in [-0.15, -0.1) is 5.10 Å². The molecule has 2 fully saturated rings. The molecule has 2 aromatic heterocycles. The zero-order valence-corrected chi connectivity index (χ0v) is 34.5. The monoisotopic (exact) mass is 851 g/mol. The maximum absolute atomic E-state index is 13.5. The van der Waals surface area contributed by atoms with E-state index in [1.807, 2.05) is 24.3 Å². The SMILES string of the molecule is [C-]#[N+]Cc1ccc(Nc2nc(NC3=NCC(C4CC4)=C3)cc(C(=O)CCc3cn(CCOCCCC(=O)COc4cccc5c4C(=O)N(C4CCC(=C)NC4=O)C5=O)nn3)n2)cc1. The van der Waals surface area contributed by atoms with Gasteiger partial charge in [0.25, 0.3) is 11.8 Å². The van der Waals surface area contributed by atoms with Crippen LogP contribution in [0.3, 0.4) is 0 Å². The van der Waals surface area contributed by atoms with Crippen molar-refractivity contribution in [3.8, 4) is 5.75 Å². The minimum absolute atomic E-state index is 0.0429. The van der Waals surface area contributed by atoms with Crippen LogP contribution in [0.15, 0.2) is 83.6 Å². The lowest BCUT2D eigenvalue weighted by Crippen LogP contribution is -2.51. The Morgan fingerprint density at radius 1 is 1.00 bits per heavy atom. The average molecular weight is 852 g/mol. The number of Topliss-reactive ketones (excluding diaryl/α,β-unsaturated/α-hetero) is 2. The highest BCUT2D eigenvalue weighted by molar-refractivity contribution is 6.24. The number of nitrogens with zero attached hydrogens (tertiary/aromatic N) is 8. The van der Waals surface area contributed by atoms with Crippen molar-refractivity contribution < 1.29 is 33.4 Å². The van der Waals surface area contributed by atoms with Crippen molar-refractivity contribution in [3.63, 3.8) is 0 Å². The predicted octanol–water partition coefficient (Wildman–Crippen LogP) is 5.04. The Morgan fingerprint density at radius 3 is 2.63 bits per heavy atom. The van der Waals surface area contributed by atoms with Crippen LogP contribution in [-0.2, 0) is 33.8 Å². The summed E-state index contributed by atoms with van der Waals surface area (Å²) >= 11 is 0. The summed E-state index contributed by atoms with van der Waals surface area (Å²) < 4.78 is 13.1. The Hall–Kier alpha value is -7.39. The first-order chi connectivity index (χ1) is 30.6. The van der Waals surface area contributed by atoms with Crippen LogP contribution in [0.5, 0.6) is 5.75 Å². The number of rotatable bonds is 20. The van der Waals surface area contributed by atoms with Gasteiger partial charge in [-0.3, -0.25) is 33.9 Å². The van der Waals surface area contributed by atoms with Crippen molar-refractivity contribution in [1.82, 2.24) is 35.2 Å². The second-order valence-corrected chi connectivity index (χ2v) is 15.7. The molecule has 0 spiro atoms. The average Bonchev–Trinajstić information content (AvgIpc) is 3.75. The van der Waals surface area contributed by atoms with Crippen LogP contribution in [0, 0.1) is 12.5 Å². The van der Waals surface area contributed by atoms with Crippen LogP contribution in [-0.4, -0.2) is 97.4 Å². The molecule has 3 amide bonds. The number of piperidine rings is 1. The number of nitrogens with one attached hydrogen (secondary N) is 3. The number of aliphatic imine (C=N–C) groups is 1. The second kappa shape index (κ2) is 19.1. The number of ether oxygens (including phenoxy) is 2. The number of aromatic nitrogens is 5. The van der Waals surface area contributed by atoms with Crippen molar-refractivity contribution in [3.05, 3.63) is 118 Å². The van der Waals surface area contributed by atoms with Crippen molar-refractivity contribution in [1.29, 1.82) is 0 Å². The van der Waals surface area contributed by atoms with E-state index in [1.54, 1.807) is 23.0 Å². The molecule has 0 bridgehead atoms. The molecular weight excluding hydrogens is 807 g/mol. The van der Waals surface area contributed by atoms with E-state index in [2.05, 4.69) is 58.7 Å². The number of benzene rings is 2. The third kappa shape index (κ3) is 10.4. The van der Waals surface area contributed by atoms with E-state index < -0.39 is 23.8 Å². The summed E-state index contributed by atoms with van der Waals surface area (Å²) in [6, 6.07) is 12.7. The predicted molar refractivity (Wildman–Crippen MR) is 229 cm³/mol. The van der Waals surface area contributed by atoms with Crippen molar-refractivity contribution in [2.24, 2.45) is 10.9 Å². The molecule has 3 N–H and O–H groups in total. The molecule has 1 atom stereocenters. The fourth-order valence-corrected chi connectivity index (χ4v) is 7.45. The minimum atomic E-state index is -0.949. The number of amides is 3. The summed E-state index contributed by atoms with van der Waals surface area (Å²) in [4.78, 5) is 83.3. The minimum Gasteiger partial charge on any atom is -0.485 e. The Balaban J connectivity index is 0.772. The van der Waals surface area contributed by atoms with E-state index in [0.717, 1.165) is 10.5 Å². The van der Waals surface area contributed by atoms with Crippen LogP contribution in [0.1, 0.15) is 87.4 Å². The molecule has 18 heteroatoms. The number of imide groups is 1. The van der Waals surface area contributed by atoms with E-state index in [0.29, 0.717) is 80.2 Å². The van der Waals surface area contributed by atoms with Gasteiger partial charge in [0, 0.05) is 55.1 Å². The summed E-state index contributed by atoms with van der Waals surface area (Å²) in [6.07, 6.45) is 8.00. The lowest BCUT2D eigenvalue weighted by molar-refractivity contribution is -0.125. The van der Waals surface area contributed by atoms with Gasteiger partial charge >= 0.3 is 0 Å². The molecule has 1 unspecified atom stereocenters. The summed E-state index contributed by atoms with van der Waals surface area (Å²) in [5.74, 6) is 0.0137. The first-order valence-corrected chi connectivity index (χ1v) is 20.9. The first kappa shape index (κ1) is 42.3. The molecular formula is C45H45N11O7. The van der Waals surface area contributed by atoms with Crippen LogP contribution in [0.2, 0.25) is 0 Å². The lowest BCUT2D eigenvalue weighted by Gasteiger charge is -2.29. The molecule has 1 saturated carbocycles. The Kier molecular flexibility index (Phi) is 12.8. The fourth-order valence-electron chi connectivity index (χ4n) is 7.45. The molecule has 0 radical (unpaired) electrons. The molecule has 3 aliphatic heterocycles. The zero-order valence-electron chi connectivity index (χ0n) is 34.5. The number of ketones is 2. The van der Waals surface area contributed by atoms with E-state index in [1.165, 1.54) is 30.5 Å². The number of carbonyl (C=O) groups is 5. The molecule has 4 aliphatic rings. The second-order valence-electron chi connectivity index (χ2n) is 15.7. The summed E-state index contributed by atoms with van der Waals surface area (Å²) in [5.41, 5.74) is 4.48. The van der Waals surface area contributed by atoms with Crippen LogP contribution < -0.4 is 20.7 Å². The Labute approximate surface area is 362 Å². The highest BCUT2D eigenvalue weighted by atomic mass is 16.5. The normalized spacial score (nSPS) is 16.9. The zero-order chi connectivity index (χ0) is 43.9. The third-order valence-corrected chi connectivity index (χ3v) is 10.9. The molecule has 1 aliphatic carbocycles. The maximum atomic E-state index is 13.5. The van der Waals surface area contributed by atoms with Gasteiger partial charge in [0.2, 0.25) is 18.4 Å². The third-order valence-electron chi connectivity index (χ3n) is 10.9. The smallest absolute Gasteiger partial charge is 0.266 e. The number of fused-ring (bicyclic) bond motifs is 1. The standard InChI is InChI=1S/C45H45N11O7/c1-27-8-16-36(42(59)48-27)56-43(60)34-6-3-7-38(41(34)44(56)61)63-26-33(57)5-4-19-62-20-18-55-25-32(53-54-55)15-17-37(58)35-22-40(51-39-21-30(24-47-39)29-11-12-29)52-45(50-35)49-31-13-9-28(10-14-31)23-46-2/h3,6-7,9-10,13-14,21-22,25,29,36H,1,4-5,8,11-12,15-20,23-24,26H2,(H,48,59)(H2,47,49,50,51,52). The van der Waals surface area contributed by atoms with E-state index in [-0.39, 0.29) is 72.5 Å². The Bertz CT molecular complexity index is 2570. The van der Waals surface area contributed by atoms with E-state index >= 15 is 0 Å². The number of amidine groups is 1. The van der Waals surface area contributed by atoms with Crippen LogP contribution in [0.25, 0.3) is 4.85 Å². The summed E-state index contributed by atoms with van der Waals surface area (Å²) in [6.45, 7) is 12.5. The van der Waals surface area contributed by atoms with Crippen LogP contribution >= 0.6 is 0 Å². The van der Waals surface area contributed by atoms with Gasteiger partial charge in [-0.1, -0.05) is 17.9 Å². The quantitative estimate of drug-likeness (QED) is 0.0460. The van der Waals surface area contributed by atoms with Crippen molar-refractivity contribution >= 4 is 52.6 Å². The highest BCUT2D eigenvalue weighted by Crippen LogP contribution is 2.38. The molecule has 2 aromatic carbocycles. The largest absolute Gasteiger partial charge is 0.485 e. The number of hydrogen-bond donors (Lipinski definition) is 3. The molecule has 5 heterocycles. The molecule has 4 aromatic rings. The van der Waals surface area contributed by atoms with Gasteiger partial charge < -0.3 is 30.3 Å². The first-order valence-electron chi connectivity index (χ1n) is 20.9. The highest BCUT2D eigenvalue weighted by Gasteiger charge is 2.45. The number of aryl methyl sites for hydroxylation is 1. The maximum Gasteiger partial charge on any atom is 0.266 e.